The molecule has 2 aliphatic carbocycles. The maximum atomic E-state index is 13.0. The van der Waals surface area contributed by atoms with Crippen molar-refractivity contribution in [2.24, 2.45) is 5.73 Å². The van der Waals surface area contributed by atoms with E-state index in [0.717, 1.165) is 39.0 Å². The van der Waals surface area contributed by atoms with Gasteiger partial charge in [-0.15, -0.1) is 0 Å². The van der Waals surface area contributed by atoms with Crippen molar-refractivity contribution in [2.45, 2.75) is 124 Å². The second-order valence-electron chi connectivity index (χ2n) is 21.8. The highest BCUT2D eigenvalue weighted by Gasteiger charge is 2.40. The summed E-state index contributed by atoms with van der Waals surface area (Å²) in [7, 11) is -7.50. The zero-order valence-corrected chi connectivity index (χ0v) is 48.7. The molecule has 2 heterocycles. The summed E-state index contributed by atoms with van der Waals surface area (Å²) in [5.41, 5.74) is 10.7. The Morgan fingerprint density at radius 1 is 0.506 bits per heavy atom. The molecule has 2 fully saturated rings. The molecule has 0 spiro atoms. The number of sulfonamides is 2. The molecule has 8 rings (SSSR count). The number of nitrogens with two attached hydrogens (primary N) is 1. The number of benzene rings is 4. The summed E-state index contributed by atoms with van der Waals surface area (Å²) in [6.07, 6.45) is 10.1. The lowest BCUT2D eigenvalue weighted by Gasteiger charge is -2.35. The number of carbonyl (C=O) groups excluding carboxylic acids is 2. The standard InChI is InChI=1S/C60H85N7O12S2/c1-60(61,26-24-56(68)62-28-36-74-40-42-76-38-30-64-80(70,71)50-20-16-48(17-21-50)78-58-52-14-6-4-12-46(52)44-54(58)66-32-8-2-9-33-66)27-25-57(69)63-29-37-75-41-43-77-39-31-65-81(72,73)51-22-18-49(19-23-51)79-59-53-15-7-5-13-47(53)45-55(59)67-34-10-3-11-35-67/h4-7,12-23,54-55,58-59,64-65H,2-3,8-11,24-45,61H2,1H3,(H,62,68)(H,63,69). The molecule has 19 nitrogen and oxygen atoms in total. The van der Waals surface area contributed by atoms with Gasteiger partial charge in [0.1, 0.15) is 23.7 Å². The highest BCUT2D eigenvalue weighted by Crippen LogP contribution is 2.41. The van der Waals surface area contributed by atoms with Crippen molar-refractivity contribution < 1.29 is 54.8 Å². The predicted molar refractivity (Wildman–Crippen MR) is 309 cm³/mol. The molecule has 0 bridgehead atoms. The molecule has 2 aliphatic heterocycles. The number of carbonyl (C=O) groups is 2. The summed E-state index contributed by atoms with van der Waals surface area (Å²) in [5, 5.41) is 5.63. The minimum Gasteiger partial charge on any atom is -0.484 e. The fraction of sp³-hybridized carbons (Fsp3) is 0.567. The zero-order valence-electron chi connectivity index (χ0n) is 47.0. The molecule has 2 amide bonds. The van der Waals surface area contributed by atoms with Gasteiger partial charge in [-0.25, -0.2) is 26.3 Å². The van der Waals surface area contributed by atoms with Gasteiger partial charge in [0.15, 0.2) is 0 Å². The average molecular weight is 1160 g/mol. The van der Waals surface area contributed by atoms with Crippen molar-refractivity contribution in [3.05, 3.63) is 119 Å². The molecule has 0 saturated carbocycles. The molecule has 0 aromatic heterocycles. The second kappa shape index (κ2) is 31.0. The molecule has 4 aromatic carbocycles. The number of nitrogens with one attached hydrogen (secondary N) is 4. The first-order valence-electron chi connectivity index (χ1n) is 29.0. The highest BCUT2D eigenvalue weighted by molar-refractivity contribution is 7.89. The molecular formula is C60H85N7O12S2. The first kappa shape index (κ1) is 62.0. The van der Waals surface area contributed by atoms with E-state index < -0.39 is 25.6 Å². The minimum atomic E-state index is -3.75. The summed E-state index contributed by atoms with van der Waals surface area (Å²) in [6.45, 7) is 8.81. The van der Waals surface area contributed by atoms with Crippen LogP contribution in [0.5, 0.6) is 11.5 Å². The van der Waals surface area contributed by atoms with Gasteiger partial charge in [-0.2, -0.15) is 0 Å². The van der Waals surface area contributed by atoms with E-state index in [4.69, 9.17) is 34.2 Å². The van der Waals surface area contributed by atoms with Gasteiger partial charge in [0, 0.05) is 44.6 Å². The predicted octanol–water partition coefficient (Wildman–Crippen LogP) is 5.58. The molecule has 6 N–H and O–H groups in total. The number of amides is 2. The fourth-order valence-corrected chi connectivity index (χ4v) is 13.1. The zero-order chi connectivity index (χ0) is 56.9. The number of nitrogens with zero attached hydrogens (tertiary/aromatic N) is 2. The Kier molecular flexibility index (Phi) is 23.8. The van der Waals surface area contributed by atoms with Gasteiger partial charge in [0.25, 0.3) is 0 Å². The van der Waals surface area contributed by atoms with Crippen molar-refractivity contribution in [1.82, 2.24) is 29.9 Å². The van der Waals surface area contributed by atoms with Crippen molar-refractivity contribution >= 4 is 31.9 Å². The van der Waals surface area contributed by atoms with Gasteiger partial charge in [-0.1, -0.05) is 61.4 Å². The Labute approximate surface area is 479 Å². The number of rotatable bonds is 34. The van der Waals surface area contributed by atoms with Crippen LogP contribution in [0.25, 0.3) is 0 Å². The summed E-state index contributed by atoms with van der Waals surface area (Å²) in [6, 6.07) is 30.5. The van der Waals surface area contributed by atoms with E-state index >= 15 is 0 Å². The Bertz CT molecular complexity index is 2630. The number of piperidine rings is 2. The van der Waals surface area contributed by atoms with Crippen LogP contribution in [0, 0.1) is 0 Å². The SMILES string of the molecule is CC(N)(CCC(=O)NCCOCCOCCNS(=O)(=O)c1ccc(OC2c3ccccc3CC2N2CCCCC2)cc1)CCC(=O)NCCOCCOCCNS(=O)(=O)c1ccc(OC2c3ccccc3CC2N2CCCCC2)cc1. The lowest BCUT2D eigenvalue weighted by Crippen LogP contribution is -2.43. The number of fused-ring (bicyclic) bond motifs is 2. The third kappa shape index (κ3) is 19.0. The summed E-state index contributed by atoms with van der Waals surface area (Å²) < 4.78 is 92.5. The monoisotopic (exact) mass is 1160 g/mol. The molecule has 4 aromatic rings. The van der Waals surface area contributed by atoms with Crippen LogP contribution >= 0.6 is 0 Å². The molecule has 4 atom stereocenters. The number of hydrogen-bond acceptors (Lipinski definition) is 15. The Balaban J connectivity index is 0.590. The van der Waals surface area contributed by atoms with Crippen LogP contribution in [0.3, 0.4) is 0 Å². The third-order valence-corrected chi connectivity index (χ3v) is 18.6. The van der Waals surface area contributed by atoms with Crippen LogP contribution in [0.2, 0.25) is 0 Å². The third-order valence-electron chi connectivity index (χ3n) is 15.6. The van der Waals surface area contributed by atoms with E-state index in [0.29, 0.717) is 37.4 Å². The molecule has 4 unspecified atom stereocenters. The van der Waals surface area contributed by atoms with Gasteiger partial charge in [-0.3, -0.25) is 19.4 Å². The minimum absolute atomic E-state index is 0.0927. The summed E-state index contributed by atoms with van der Waals surface area (Å²) in [4.78, 5) is 30.3. The largest absolute Gasteiger partial charge is 0.484 e. The van der Waals surface area contributed by atoms with Crippen LogP contribution in [0.15, 0.2) is 107 Å². The van der Waals surface area contributed by atoms with Gasteiger partial charge in [0.05, 0.1) is 74.7 Å². The average Bonchev–Trinajstić information content (AvgIpc) is 4.22. The Morgan fingerprint density at radius 3 is 1.25 bits per heavy atom. The Morgan fingerprint density at radius 2 is 0.864 bits per heavy atom. The molecular weight excluding hydrogens is 1070 g/mol. The van der Waals surface area contributed by atoms with E-state index in [1.165, 1.54) is 60.8 Å². The lowest BCUT2D eigenvalue weighted by atomic mass is 9.91. The van der Waals surface area contributed by atoms with Crippen LogP contribution in [-0.2, 0) is 61.4 Å². The quantitative estimate of drug-likeness (QED) is 0.0359. The smallest absolute Gasteiger partial charge is 0.240 e. The van der Waals surface area contributed by atoms with Crippen molar-refractivity contribution in [3.63, 3.8) is 0 Å². The van der Waals surface area contributed by atoms with Crippen LogP contribution < -0.4 is 35.3 Å². The van der Waals surface area contributed by atoms with Crippen LogP contribution in [0.4, 0.5) is 0 Å². The molecule has 81 heavy (non-hydrogen) atoms. The van der Waals surface area contributed by atoms with Crippen LogP contribution in [-0.4, -0.2) is 161 Å². The van der Waals surface area contributed by atoms with Crippen LogP contribution in [0.1, 0.15) is 106 Å². The number of hydrogen-bond donors (Lipinski definition) is 5. The normalized spacial score (nSPS) is 20.3. The van der Waals surface area contributed by atoms with E-state index in [2.05, 4.69) is 66.3 Å². The maximum absolute atomic E-state index is 13.0. The first-order chi connectivity index (χ1) is 39.2. The van der Waals surface area contributed by atoms with Gasteiger partial charge >= 0.3 is 0 Å². The van der Waals surface area contributed by atoms with Gasteiger partial charge in [-0.05, 0) is 155 Å². The highest BCUT2D eigenvalue weighted by atomic mass is 32.2. The first-order valence-corrected chi connectivity index (χ1v) is 32.0. The molecule has 21 heteroatoms. The number of ether oxygens (including phenoxy) is 6. The topological polar surface area (TPSA) is 238 Å². The fourth-order valence-electron chi connectivity index (χ4n) is 11.1. The van der Waals surface area contributed by atoms with Crippen molar-refractivity contribution in [3.8, 4) is 11.5 Å². The van der Waals surface area contributed by atoms with Gasteiger partial charge in [0.2, 0.25) is 31.9 Å². The molecule has 0 radical (unpaired) electrons. The second-order valence-corrected chi connectivity index (χ2v) is 25.3. The van der Waals surface area contributed by atoms with E-state index in [-0.39, 0.29) is 125 Å². The maximum Gasteiger partial charge on any atom is 0.240 e. The van der Waals surface area contributed by atoms with E-state index in [1.54, 1.807) is 48.5 Å². The molecule has 444 valence electrons. The van der Waals surface area contributed by atoms with E-state index in [9.17, 15) is 26.4 Å². The molecule has 4 aliphatic rings. The number of likely N-dealkylation sites (tertiary alicyclic amines) is 2. The lowest BCUT2D eigenvalue weighted by molar-refractivity contribution is -0.121. The van der Waals surface area contributed by atoms with Crippen molar-refractivity contribution in [2.75, 3.05) is 105 Å². The van der Waals surface area contributed by atoms with Crippen molar-refractivity contribution in [1.29, 1.82) is 0 Å². The summed E-state index contributed by atoms with van der Waals surface area (Å²) in [5.74, 6) is 0.919. The summed E-state index contributed by atoms with van der Waals surface area (Å²) >= 11 is 0. The Hall–Kier alpha value is -5.04. The van der Waals surface area contributed by atoms with E-state index in [1.807, 2.05) is 19.1 Å². The van der Waals surface area contributed by atoms with Gasteiger partial charge < -0.3 is 44.8 Å². The molecule has 2 saturated heterocycles.